The summed E-state index contributed by atoms with van der Waals surface area (Å²) >= 11 is 0. The highest BCUT2D eigenvalue weighted by atomic mass is 16.6. The number of unbranched alkanes of at least 4 members (excludes halogenated alkanes) is 23. The molecule has 0 aliphatic carbocycles. The summed E-state index contributed by atoms with van der Waals surface area (Å²) < 4.78 is 16.9. The highest BCUT2D eigenvalue weighted by Gasteiger charge is 2.19. The topological polar surface area (TPSA) is 78.9 Å². The molecule has 436 valence electrons. The van der Waals surface area contributed by atoms with Crippen molar-refractivity contribution >= 4 is 17.9 Å². The fourth-order valence-electron chi connectivity index (χ4n) is 8.44. The second-order valence-electron chi connectivity index (χ2n) is 20.5. The van der Waals surface area contributed by atoms with Crippen molar-refractivity contribution in [3.05, 3.63) is 134 Å². The maximum absolute atomic E-state index is 12.9. The molecule has 0 saturated heterocycles. The first-order valence-corrected chi connectivity index (χ1v) is 31.7. The Morgan fingerprint density at radius 3 is 0.857 bits per heavy atom. The van der Waals surface area contributed by atoms with E-state index in [0.717, 1.165) is 116 Å². The van der Waals surface area contributed by atoms with Crippen LogP contribution in [0.25, 0.3) is 0 Å². The molecule has 0 fully saturated rings. The lowest BCUT2D eigenvalue weighted by Gasteiger charge is -2.18. The Kier molecular flexibility index (Phi) is 60.4. The van der Waals surface area contributed by atoms with Crippen molar-refractivity contribution in [1.29, 1.82) is 0 Å². The van der Waals surface area contributed by atoms with Gasteiger partial charge in [-0.1, -0.05) is 264 Å². The predicted octanol–water partition coefficient (Wildman–Crippen LogP) is 21.8. The normalized spacial score (nSPS) is 13.0. The Bertz CT molecular complexity index is 1650. The molecular weight excluding hydrogens is 949 g/mol. The van der Waals surface area contributed by atoms with Crippen LogP contribution in [0, 0.1) is 0 Å². The minimum atomic E-state index is -0.813. The van der Waals surface area contributed by atoms with Crippen LogP contribution in [0.4, 0.5) is 0 Å². The van der Waals surface area contributed by atoms with E-state index in [2.05, 4.69) is 154 Å². The fraction of sp³-hybridized carbons (Fsp3) is 0.648. The minimum absolute atomic E-state index is 0.106. The standard InChI is InChI=1S/C71H116O6/c1-4-7-10-13-16-19-22-25-28-31-33-34-35-36-38-40-43-46-49-52-55-58-61-64-70(73)76-67-68(66-75-69(72)63-60-57-54-51-48-45-42-39-30-27-24-21-18-15-12-9-6-3)77-71(74)65-62-59-56-53-50-47-44-41-37-32-29-26-23-20-17-14-11-8-5-2/h7,9-10,12,16,18-19,21,25-30,33-34,36,38,42,45,51,54,68H,4-6,8,11,13-15,17,20,22-24,31-32,35,37,39-41,43-44,46-50,52-53,55-67H2,1-3H3/b10-7-,12-9-,19-16-,21-18-,28-25-,29-26-,30-27-,34-33-,38-36-,45-42-,54-51-. The highest BCUT2D eigenvalue weighted by molar-refractivity contribution is 5.71. The van der Waals surface area contributed by atoms with Crippen LogP contribution in [0.2, 0.25) is 0 Å². The van der Waals surface area contributed by atoms with Gasteiger partial charge in [-0.05, 0) is 128 Å². The maximum atomic E-state index is 12.9. The Balaban J connectivity index is 4.48. The number of hydrogen-bond acceptors (Lipinski definition) is 6. The van der Waals surface area contributed by atoms with E-state index in [4.69, 9.17) is 14.2 Å². The van der Waals surface area contributed by atoms with Gasteiger partial charge >= 0.3 is 17.9 Å². The molecule has 1 unspecified atom stereocenters. The summed E-state index contributed by atoms with van der Waals surface area (Å²) in [6.07, 6.45) is 90.3. The molecule has 0 aromatic heterocycles. The Morgan fingerprint density at radius 1 is 0.273 bits per heavy atom. The number of rotatable bonds is 56. The quantitative estimate of drug-likeness (QED) is 0.0261. The summed E-state index contributed by atoms with van der Waals surface area (Å²) in [6, 6.07) is 0. The molecule has 1 atom stereocenters. The molecule has 6 heteroatoms. The zero-order chi connectivity index (χ0) is 55.7. The predicted molar refractivity (Wildman–Crippen MR) is 334 cm³/mol. The summed E-state index contributed by atoms with van der Waals surface area (Å²) in [4.78, 5) is 38.3. The monoisotopic (exact) mass is 1060 g/mol. The van der Waals surface area contributed by atoms with Gasteiger partial charge in [-0.2, -0.15) is 0 Å². The largest absolute Gasteiger partial charge is 0.462 e. The number of allylic oxidation sites excluding steroid dienone is 22. The van der Waals surface area contributed by atoms with Gasteiger partial charge in [0, 0.05) is 19.3 Å². The van der Waals surface area contributed by atoms with Gasteiger partial charge in [0.25, 0.3) is 0 Å². The van der Waals surface area contributed by atoms with Gasteiger partial charge in [-0.15, -0.1) is 0 Å². The lowest BCUT2D eigenvalue weighted by Crippen LogP contribution is -2.30. The first-order valence-electron chi connectivity index (χ1n) is 31.7. The Morgan fingerprint density at radius 2 is 0.519 bits per heavy atom. The maximum Gasteiger partial charge on any atom is 0.306 e. The van der Waals surface area contributed by atoms with Gasteiger partial charge < -0.3 is 14.2 Å². The van der Waals surface area contributed by atoms with Crippen molar-refractivity contribution in [2.24, 2.45) is 0 Å². The molecular formula is C71H116O6. The molecule has 0 aromatic carbocycles. The molecule has 0 spiro atoms. The van der Waals surface area contributed by atoms with E-state index in [1.54, 1.807) is 0 Å². The summed E-state index contributed by atoms with van der Waals surface area (Å²) in [5.74, 6) is -0.976. The van der Waals surface area contributed by atoms with Crippen molar-refractivity contribution in [1.82, 2.24) is 0 Å². The minimum Gasteiger partial charge on any atom is -0.462 e. The molecule has 0 N–H and O–H groups in total. The molecule has 0 amide bonds. The number of carbonyl (C=O) groups excluding carboxylic acids is 3. The van der Waals surface area contributed by atoms with Crippen molar-refractivity contribution < 1.29 is 28.6 Å². The van der Waals surface area contributed by atoms with Crippen molar-refractivity contribution in [3.63, 3.8) is 0 Å². The zero-order valence-electron chi connectivity index (χ0n) is 49.9. The third-order valence-electron chi connectivity index (χ3n) is 13.1. The molecule has 0 aliphatic rings. The number of hydrogen-bond donors (Lipinski definition) is 0. The zero-order valence-corrected chi connectivity index (χ0v) is 49.9. The summed E-state index contributed by atoms with van der Waals surface area (Å²) in [7, 11) is 0. The van der Waals surface area contributed by atoms with Crippen molar-refractivity contribution in [2.75, 3.05) is 13.2 Å². The van der Waals surface area contributed by atoms with Crippen molar-refractivity contribution in [3.8, 4) is 0 Å². The van der Waals surface area contributed by atoms with Crippen LogP contribution in [0.5, 0.6) is 0 Å². The van der Waals surface area contributed by atoms with Crippen LogP contribution in [-0.2, 0) is 28.6 Å². The van der Waals surface area contributed by atoms with Crippen LogP contribution in [0.1, 0.15) is 278 Å². The van der Waals surface area contributed by atoms with E-state index >= 15 is 0 Å². The van der Waals surface area contributed by atoms with Gasteiger partial charge in [-0.3, -0.25) is 14.4 Å². The SMILES string of the molecule is CC/C=C\C/C=C\C/C=C\C/C=C\C/C=C\CCCCCCCCCC(=O)OCC(COC(=O)CCC/C=C\C/C=C\C/C=C\C/C=C\C/C=C\CC)OC(=O)CCCCCCCCCCC/C=C\CCCCCCCC. The summed E-state index contributed by atoms with van der Waals surface area (Å²) in [5, 5.41) is 0. The third kappa shape index (κ3) is 62.3. The summed E-state index contributed by atoms with van der Waals surface area (Å²) in [6.45, 7) is 6.36. The average Bonchev–Trinajstić information content (AvgIpc) is 3.43. The molecule has 77 heavy (non-hydrogen) atoms. The van der Waals surface area contributed by atoms with E-state index in [1.807, 2.05) is 0 Å². The lowest BCUT2D eigenvalue weighted by atomic mass is 10.1. The van der Waals surface area contributed by atoms with Gasteiger partial charge in [0.05, 0.1) is 0 Å². The molecule has 0 bridgehead atoms. The Labute approximate surface area is 475 Å². The summed E-state index contributed by atoms with van der Waals surface area (Å²) in [5.41, 5.74) is 0. The van der Waals surface area contributed by atoms with E-state index in [0.29, 0.717) is 19.3 Å². The second kappa shape index (κ2) is 64.1. The molecule has 0 heterocycles. The van der Waals surface area contributed by atoms with E-state index in [-0.39, 0.29) is 37.5 Å². The number of esters is 3. The molecule has 0 rings (SSSR count). The molecule has 0 aliphatic heterocycles. The fourth-order valence-corrected chi connectivity index (χ4v) is 8.44. The molecule has 0 saturated carbocycles. The van der Waals surface area contributed by atoms with Crippen molar-refractivity contribution in [2.45, 2.75) is 284 Å². The van der Waals surface area contributed by atoms with E-state index in [1.165, 1.54) is 116 Å². The molecule has 6 nitrogen and oxygen atoms in total. The number of carbonyl (C=O) groups is 3. The first-order chi connectivity index (χ1) is 38.0. The third-order valence-corrected chi connectivity index (χ3v) is 13.1. The van der Waals surface area contributed by atoms with Crippen LogP contribution in [-0.4, -0.2) is 37.2 Å². The van der Waals surface area contributed by atoms with Crippen LogP contribution >= 0.6 is 0 Å². The average molecular weight is 1070 g/mol. The van der Waals surface area contributed by atoms with Gasteiger partial charge in [-0.25, -0.2) is 0 Å². The van der Waals surface area contributed by atoms with E-state index < -0.39 is 6.10 Å². The molecule has 0 radical (unpaired) electrons. The van der Waals surface area contributed by atoms with Crippen LogP contribution in [0.15, 0.2) is 134 Å². The van der Waals surface area contributed by atoms with E-state index in [9.17, 15) is 14.4 Å². The van der Waals surface area contributed by atoms with Gasteiger partial charge in [0.2, 0.25) is 0 Å². The lowest BCUT2D eigenvalue weighted by molar-refractivity contribution is -0.167. The molecule has 0 aromatic rings. The van der Waals surface area contributed by atoms with Crippen LogP contribution < -0.4 is 0 Å². The van der Waals surface area contributed by atoms with Crippen LogP contribution in [0.3, 0.4) is 0 Å². The van der Waals surface area contributed by atoms with Gasteiger partial charge in [0.15, 0.2) is 6.10 Å². The highest BCUT2D eigenvalue weighted by Crippen LogP contribution is 2.15. The van der Waals surface area contributed by atoms with Gasteiger partial charge in [0.1, 0.15) is 13.2 Å². The smallest absolute Gasteiger partial charge is 0.306 e. The second-order valence-corrected chi connectivity index (χ2v) is 20.5. The first kappa shape index (κ1) is 72.5. The number of ether oxygens (including phenoxy) is 3. The Hall–Kier alpha value is -4.45.